The van der Waals surface area contributed by atoms with Crippen LogP contribution in [0.25, 0.3) is 0 Å². The molecule has 4 unspecified atom stereocenters. The Morgan fingerprint density at radius 1 is 1.00 bits per heavy atom. The lowest BCUT2D eigenvalue weighted by molar-refractivity contribution is -0.260. The van der Waals surface area contributed by atoms with E-state index in [-0.39, 0.29) is 29.0 Å². The zero-order valence-corrected chi connectivity index (χ0v) is 24.8. The Hall–Kier alpha value is -1.27. The second kappa shape index (κ2) is 10.3. The lowest BCUT2D eigenvalue weighted by Crippen LogP contribution is -2.69. The first kappa shape index (κ1) is 29.7. The zero-order valence-electron chi connectivity index (χ0n) is 24.8. The molecule has 0 bridgehead atoms. The van der Waals surface area contributed by atoms with Gasteiger partial charge in [-0.15, -0.1) is 0 Å². The summed E-state index contributed by atoms with van der Waals surface area (Å²) in [4.78, 5) is 38.6. The number of aldehydes is 1. The topological polar surface area (TPSA) is 101 Å². The summed E-state index contributed by atoms with van der Waals surface area (Å²) >= 11 is 0. The fourth-order valence-electron chi connectivity index (χ4n) is 10.7. The molecule has 2 N–H and O–H groups in total. The molecule has 0 aromatic rings. The summed E-state index contributed by atoms with van der Waals surface area (Å²) in [6, 6.07) is 0. The molecule has 6 nitrogen and oxygen atoms in total. The number of aliphatic hydroxyl groups is 2. The van der Waals surface area contributed by atoms with E-state index in [2.05, 4.69) is 27.7 Å². The van der Waals surface area contributed by atoms with Gasteiger partial charge < -0.3 is 19.7 Å². The van der Waals surface area contributed by atoms with Gasteiger partial charge in [-0.05, 0) is 85.9 Å². The van der Waals surface area contributed by atoms with Crippen molar-refractivity contribution >= 4 is 18.0 Å². The van der Waals surface area contributed by atoms with Gasteiger partial charge in [0.15, 0.2) is 0 Å². The van der Waals surface area contributed by atoms with Crippen LogP contribution in [0.2, 0.25) is 0 Å². The van der Waals surface area contributed by atoms with Crippen molar-refractivity contribution in [1.29, 1.82) is 0 Å². The van der Waals surface area contributed by atoms with Crippen LogP contribution in [0.5, 0.6) is 0 Å². The number of carbonyl (C=O) groups excluding carboxylic acids is 3. The van der Waals surface area contributed by atoms with Crippen LogP contribution in [0.1, 0.15) is 113 Å². The summed E-state index contributed by atoms with van der Waals surface area (Å²) in [5.74, 6) is -1.37. The van der Waals surface area contributed by atoms with E-state index in [4.69, 9.17) is 4.74 Å². The molecule has 0 aliphatic heterocycles. The predicted octanol–water partition coefficient (Wildman–Crippen LogP) is 5.51. The molecule has 0 saturated heterocycles. The minimum atomic E-state index is -0.790. The average molecular weight is 533 g/mol. The molecule has 6 heteroatoms. The highest BCUT2D eigenvalue weighted by Gasteiger charge is 2.70. The number of hydrogen-bond donors (Lipinski definition) is 2. The summed E-state index contributed by atoms with van der Waals surface area (Å²) < 4.78 is 5.95. The first-order valence-corrected chi connectivity index (χ1v) is 15.2. The van der Waals surface area contributed by atoms with Crippen LogP contribution in [-0.4, -0.2) is 46.6 Å². The summed E-state index contributed by atoms with van der Waals surface area (Å²) in [5.41, 5.74) is -0.497. The molecule has 4 saturated carbocycles. The maximum absolute atomic E-state index is 13.0. The standard InChI is InChI=1S/C32H52O6/c1-8-20(35)15-27(37)38-22-16-25-31(6)14-11-23-29(4,9-2)12-10-13-30(23,5)24(31)17-26(36)32(25,7)21(18-33)28(22)19(3)34/h18,20-26,28,35-36H,8-17H2,1-7H3/t20?,21-,22+,23?,24?,25?,26+,28-,29+,30-,31+,32+/m0/s1. The number of Topliss-reactive ketones (excluding diaryl/α,β-unsaturated/α-hetero) is 1. The third-order valence-corrected chi connectivity index (χ3v) is 12.9. The molecule has 0 heterocycles. The SMILES string of the molecule is CCC(O)CC(=O)O[C@@H]1CC2[C@]3(C)CCC4[C@](C)(CC)CCC[C@]4(C)C3C[C@@H](O)[C@]2(C)[C@@H](C=O)[C@@H]1C(C)=O. The molecule has 4 aliphatic carbocycles. The van der Waals surface area contributed by atoms with E-state index in [1.165, 1.54) is 19.8 Å². The van der Waals surface area contributed by atoms with Crippen LogP contribution in [-0.2, 0) is 19.1 Å². The highest BCUT2D eigenvalue weighted by Crippen LogP contribution is 2.73. The quantitative estimate of drug-likeness (QED) is 0.331. The van der Waals surface area contributed by atoms with Gasteiger partial charge in [-0.25, -0.2) is 0 Å². The third-order valence-electron chi connectivity index (χ3n) is 12.9. The zero-order chi connectivity index (χ0) is 28.3. The van der Waals surface area contributed by atoms with Gasteiger partial charge >= 0.3 is 5.97 Å². The second-order valence-electron chi connectivity index (χ2n) is 14.5. The molecule has 4 aliphatic rings. The van der Waals surface area contributed by atoms with Gasteiger partial charge in [0.25, 0.3) is 0 Å². The van der Waals surface area contributed by atoms with Crippen LogP contribution in [0.3, 0.4) is 0 Å². The number of rotatable bonds is 7. The molecule has 4 rings (SSSR count). The molecule has 0 aromatic heterocycles. The van der Waals surface area contributed by atoms with Crippen molar-refractivity contribution < 1.29 is 29.3 Å². The van der Waals surface area contributed by atoms with E-state index in [1.54, 1.807) is 6.92 Å². The van der Waals surface area contributed by atoms with E-state index in [0.717, 1.165) is 32.0 Å². The average Bonchev–Trinajstić information content (AvgIpc) is 2.85. The summed E-state index contributed by atoms with van der Waals surface area (Å²) in [6.07, 6.45) is 7.00. The Bertz CT molecular complexity index is 933. The smallest absolute Gasteiger partial charge is 0.308 e. The Labute approximate surface area is 229 Å². The van der Waals surface area contributed by atoms with Gasteiger partial charge in [0.2, 0.25) is 0 Å². The highest BCUT2D eigenvalue weighted by molar-refractivity contribution is 5.83. The molecular weight excluding hydrogens is 480 g/mol. The number of aliphatic hydroxyl groups excluding tert-OH is 2. The van der Waals surface area contributed by atoms with Crippen molar-refractivity contribution in [3.63, 3.8) is 0 Å². The minimum absolute atomic E-state index is 0.0592. The van der Waals surface area contributed by atoms with Crippen molar-refractivity contribution in [3.8, 4) is 0 Å². The van der Waals surface area contributed by atoms with Gasteiger partial charge in [-0.3, -0.25) is 9.59 Å². The van der Waals surface area contributed by atoms with Crippen molar-refractivity contribution in [1.82, 2.24) is 0 Å². The largest absolute Gasteiger partial charge is 0.461 e. The lowest BCUT2D eigenvalue weighted by Gasteiger charge is -2.71. The van der Waals surface area contributed by atoms with Gasteiger partial charge in [-0.2, -0.15) is 0 Å². The van der Waals surface area contributed by atoms with Crippen LogP contribution < -0.4 is 0 Å². The molecule has 0 aromatic carbocycles. The summed E-state index contributed by atoms with van der Waals surface area (Å²) in [5, 5.41) is 22.0. The Morgan fingerprint density at radius 2 is 1.66 bits per heavy atom. The van der Waals surface area contributed by atoms with Crippen molar-refractivity contribution in [2.45, 2.75) is 131 Å². The fourth-order valence-corrected chi connectivity index (χ4v) is 10.7. The van der Waals surface area contributed by atoms with Crippen molar-refractivity contribution in [2.75, 3.05) is 0 Å². The predicted molar refractivity (Wildman–Crippen MR) is 146 cm³/mol. The Balaban J connectivity index is 1.76. The molecule has 38 heavy (non-hydrogen) atoms. The number of ketones is 1. The summed E-state index contributed by atoms with van der Waals surface area (Å²) in [6.45, 7) is 14.9. The monoisotopic (exact) mass is 532 g/mol. The maximum Gasteiger partial charge on any atom is 0.308 e. The number of fused-ring (bicyclic) bond motifs is 5. The van der Waals surface area contributed by atoms with Crippen molar-refractivity contribution in [3.05, 3.63) is 0 Å². The Kier molecular flexibility index (Phi) is 8.04. The maximum atomic E-state index is 13.0. The number of esters is 1. The first-order valence-electron chi connectivity index (χ1n) is 15.2. The van der Waals surface area contributed by atoms with Gasteiger partial charge in [0.1, 0.15) is 18.2 Å². The summed E-state index contributed by atoms with van der Waals surface area (Å²) in [7, 11) is 0. The first-order chi connectivity index (χ1) is 17.7. The van der Waals surface area contributed by atoms with Crippen molar-refractivity contribution in [2.24, 2.45) is 51.2 Å². The fraction of sp³-hybridized carbons (Fsp3) is 0.906. The van der Waals surface area contributed by atoms with E-state index in [9.17, 15) is 24.6 Å². The van der Waals surface area contributed by atoms with Gasteiger partial charge in [-0.1, -0.05) is 54.4 Å². The van der Waals surface area contributed by atoms with E-state index < -0.39 is 41.5 Å². The van der Waals surface area contributed by atoms with E-state index in [0.29, 0.717) is 36.5 Å². The van der Waals surface area contributed by atoms with Crippen LogP contribution in [0, 0.1) is 51.2 Å². The molecule has 12 atom stereocenters. The molecule has 216 valence electrons. The molecule has 0 spiro atoms. The molecular formula is C32H52O6. The number of hydrogen-bond acceptors (Lipinski definition) is 6. The Morgan fingerprint density at radius 3 is 2.24 bits per heavy atom. The molecule has 0 amide bonds. The molecule has 4 fully saturated rings. The van der Waals surface area contributed by atoms with E-state index in [1.807, 2.05) is 6.92 Å². The minimum Gasteiger partial charge on any atom is -0.461 e. The van der Waals surface area contributed by atoms with Gasteiger partial charge in [0, 0.05) is 11.3 Å². The lowest BCUT2D eigenvalue weighted by atomic mass is 9.33. The normalized spacial score (nSPS) is 49.1. The number of ether oxygens (including phenoxy) is 1. The third kappa shape index (κ3) is 4.31. The van der Waals surface area contributed by atoms with Crippen LogP contribution in [0.4, 0.5) is 0 Å². The molecule has 0 radical (unpaired) electrons. The van der Waals surface area contributed by atoms with Gasteiger partial charge in [0.05, 0.1) is 24.5 Å². The van der Waals surface area contributed by atoms with Crippen LogP contribution >= 0.6 is 0 Å². The highest BCUT2D eigenvalue weighted by atomic mass is 16.5. The second-order valence-corrected chi connectivity index (χ2v) is 14.5. The number of carbonyl (C=O) groups is 3. The van der Waals surface area contributed by atoms with Crippen LogP contribution in [0.15, 0.2) is 0 Å². The van der Waals surface area contributed by atoms with E-state index >= 15 is 0 Å².